The number of carbonyl (C=O) groups excluding carboxylic acids is 1. The molecule has 0 fully saturated rings. The monoisotopic (exact) mass is 283 g/mol. The predicted molar refractivity (Wildman–Crippen MR) is 71.0 cm³/mol. The van der Waals surface area contributed by atoms with E-state index >= 15 is 0 Å². The number of aliphatic carboxylic acids is 1. The fourth-order valence-electron chi connectivity index (χ4n) is 1.75. The van der Waals surface area contributed by atoms with Crippen molar-refractivity contribution in [3.63, 3.8) is 0 Å². The van der Waals surface area contributed by atoms with E-state index in [1.165, 1.54) is 36.2 Å². The molecule has 1 rings (SSSR count). The van der Waals surface area contributed by atoms with Crippen molar-refractivity contribution >= 4 is 11.9 Å². The molecule has 0 heterocycles. The van der Waals surface area contributed by atoms with E-state index in [-0.39, 0.29) is 24.8 Å². The minimum atomic E-state index is -1.03. The van der Waals surface area contributed by atoms with E-state index in [0.717, 1.165) is 0 Å². The maximum absolute atomic E-state index is 12.7. The lowest BCUT2D eigenvalue weighted by Gasteiger charge is -2.23. The van der Waals surface area contributed by atoms with Crippen LogP contribution in [-0.2, 0) is 9.59 Å². The summed E-state index contributed by atoms with van der Waals surface area (Å²) in [6.45, 7) is 1.82. The average molecular weight is 283 g/mol. The third kappa shape index (κ3) is 4.53. The molecule has 1 unspecified atom stereocenters. The average Bonchev–Trinajstić information content (AvgIpc) is 2.41. The number of carboxylic acids is 1. The number of nitrogens with zero attached hydrogens (tertiary/aromatic N) is 1. The van der Waals surface area contributed by atoms with E-state index in [9.17, 15) is 14.0 Å². The summed E-state index contributed by atoms with van der Waals surface area (Å²) in [7, 11) is 1.46. The van der Waals surface area contributed by atoms with Gasteiger partial charge in [-0.05, 0) is 30.7 Å². The van der Waals surface area contributed by atoms with Gasteiger partial charge >= 0.3 is 5.97 Å². The predicted octanol–water partition coefficient (Wildman–Crippen LogP) is 1.92. The van der Waals surface area contributed by atoms with E-state index in [0.29, 0.717) is 12.2 Å². The standard InChI is InChI=1S/C14H18FNO4/c1-3-12(14(18)19)16(2)13(17)8-9-20-11-6-4-10(15)5-7-11/h4-7,12H,3,8-9H2,1-2H3,(H,18,19). The molecule has 1 amide bonds. The van der Waals surface area contributed by atoms with Crippen LogP contribution in [-0.4, -0.2) is 41.6 Å². The van der Waals surface area contributed by atoms with Crippen LogP contribution in [0.2, 0.25) is 0 Å². The van der Waals surface area contributed by atoms with E-state index < -0.39 is 12.0 Å². The van der Waals surface area contributed by atoms with Gasteiger partial charge in [-0.2, -0.15) is 0 Å². The van der Waals surface area contributed by atoms with E-state index in [2.05, 4.69) is 0 Å². The molecular weight excluding hydrogens is 265 g/mol. The molecule has 1 N–H and O–H groups in total. The number of carbonyl (C=O) groups is 2. The highest BCUT2D eigenvalue weighted by atomic mass is 19.1. The minimum Gasteiger partial charge on any atom is -0.493 e. The molecule has 0 saturated heterocycles. The Morgan fingerprint density at radius 1 is 1.35 bits per heavy atom. The Bertz CT molecular complexity index is 461. The second-order valence-electron chi connectivity index (χ2n) is 4.32. The van der Waals surface area contributed by atoms with Gasteiger partial charge in [-0.25, -0.2) is 9.18 Å². The first-order chi connectivity index (χ1) is 9.45. The summed E-state index contributed by atoms with van der Waals surface area (Å²) >= 11 is 0. The highest BCUT2D eigenvalue weighted by Gasteiger charge is 2.24. The van der Waals surface area contributed by atoms with Gasteiger partial charge in [0.05, 0.1) is 13.0 Å². The number of amides is 1. The molecule has 0 bridgehead atoms. The van der Waals surface area contributed by atoms with E-state index in [4.69, 9.17) is 9.84 Å². The highest BCUT2D eigenvalue weighted by Crippen LogP contribution is 2.12. The number of ether oxygens (including phenoxy) is 1. The zero-order chi connectivity index (χ0) is 15.1. The van der Waals surface area contributed by atoms with Crippen molar-refractivity contribution in [2.75, 3.05) is 13.7 Å². The smallest absolute Gasteiger partial charge is 0.326 e. The van der Waals surface area contributed by atoms with Crippen molar-refractivity contribution in [3.05, 3.63) is 30.1 Å². The van der Waals surface area contributed by atoms with Crippen LogP contribution in [0.25, 0.3) is 0 Å². The number of hydrogen-bond donors (Lipinski definition) is 1. The van der Waals surface area contributed by atoms with Crippen LogP contribution in [0.5, 0.6) is 5.75 Å². The van der Waals surface area contributed by atoms with Crippen LogP contribution in [0, 0.1) is 5.82 Å². The molecule has 0 aliphatic rings. The summed E-state index contributed by atoms with van der Waals surface area (Å²) in [5.41, 5.74) is 0. The third-order valence-electron chi connectivity index (χ3n) is 2.93. The molecule has 1 aromatic rings. The first kappa shape index (κ1) is 15.9. The second-order valence-corrected chi connectivity index (χ2v) is 4.32. The lowest BCUT2D eigenvalue weighted by atomic mass is 10.2. The topological polar surface area (TPSA) is 66.8 Å². The van der Waals surface area contributed by atoms with Gasteiger partial charge in [0.1, 0.15) is 17.6 Å². The quantitative estimate of drug-likeness (QED) is 0.830. The number of halogens is 1. The largest absolute Gasteiger partial charge is 0.493 e. The van der Waals surface area contributed by atoms with Crippen molar-refractivity contribution < 1.29 is 23.8 Å². The maximum Gasteiger partial charge on any atom is 0.326 e. The number of carboxylic acid groups (broad SMARTS) is 1. The van der Waals surface area contributed by atoms with Crippen molar-refractivity contribution in [1.82, 2.24) is 4.90 Å². The third-order valence-corrected chi connectivity index (χ3v) is 2.93. The number of hydrogen-bond acceptors (Lipinski definition) is 3. The summed E-state index contributed by atoms with van der Waals surface area (Å²) in [6, 6.07) is 4.64. The van der Waals surface area contributed by atoms with Crippen LogP contribution < -0.4 is 4.74 Å². The molecule has 1 atom stereocenters. The van der Waals surface area contributed by atoms with Crippen molar-refractivity contribution in [3.8, 4) is 5.75 Å². The molecule has 0 aromatic heterocycles. The molecule has 6 heteroatoms. The summed E-state index contributed by atoms with van der Waals surface area (Å²) in [6.07, 6.45) is 0.411. The lowest BCUT2D eigenvalue weighted by Crippen LogP contribution is -2.42. The van der Waals surface area contributed by atoms with Gasteiger partial charge in [-0.3, -0.25) is 4.79 Å². The molecule has 5 nitrogen and oxygen atoms in total. The molecule has 0 aliphatic heterocycles. The highest BCUT2D eigenvalue weighted by molar-refractivity contribution is 5.83. The van der Waals surface area contributed by atoms with Crippen molar-refractivity contribution in [1.29, 1.82) is 0 Å². The molecule has 0 aliphatic carbocycles. The van der Waals surface area contributed by atoms with Gasteiger partial charge in [0.2, 0.25) is 5.91 Å². The molecule has 0 radical (unpaired) electrons. The van der Waals surface area contributed by atoms with Gasteiger partial charge in [-0.15, -0.1) is 0 Å². The van der Waals surface area contributed by atoms with Gasteiger partial charge in [0.15, 0.2) is 0 Å². The Balaban J connectivity index is 2.43. The Morgan fingerprint density at radius 2 is 1.95 bits per heavy atom. The van der Waals surface area contributed by atoms with E-state index in [1.54, 1.807) is 6.92 Å². The van der Waals surface area contributed by atoms with Crippen LogP contribution in [0.15, 0.2) is 24.3 Å². The number of benzene rings is 1. The summed E-state index contributed by atoms with van der Waals surface area (Å²) < 4.78 is 18.0. The summed E-state index contributed by atoms with van der Waals surface area (Å²) in [4.78, 5) is 24.0. The number of rotatable bonds is 7. The van der Waals surface area contributed by atoms with Crippen LogP contribution in [0.4, 0.5) is 4.39 Å². The lowest BCUT2D eigenvalue weighted by molar-refractivity contribution is -0.149. The van der Waals surface area contributed by atoms with Crippen molar-refractivity contribution in [2.24, 2.45) is 0 Å². The van der Waals surface area contributed by atoms with Crippen LogP contribution in [0.3, 0.4) is 0 Å². The Kier molecular flexibility index (Phi) is 5.96. The first-order valence-corrected chi connectivity index (χ1v) is 6.32. The normalized spacial score (nSPS) is 11.8. The molecule has 0 spiro atoms. The van der Waals surface area contributed by atoms with Gasteiger partial charge < -0.3 is 14.7 Å². The second kappa shape index (κ2) is 7.47. The SMILES string of the molecule is CCC(C(=O)O)N(C)C(=O)CCOc1ccc(F)cc1. The molecule has 20 heavy (non-hydrogen) atoms. The van der Waals surface area contributed by atoms with Gasteiger partial charge in [-0.1, -0.05) is 6.92 Å². The Hall–Kier alpha value is -2.11. The molecule has 1 aromatic carbocycles. The van der Waals surface area contributed by atoms with Gasteiger partial charge in [0, 0.05) is 7.05 Å². The first-order valence-electron chi connectivity index (χ1n) is 6.32. The fraction of sp³-hybridized carbons (Fsp3) is 0.429. The molecule has 0 saturated carbocycles. The summed E-state index contributed by atoms with van der Waals surface area (Å²) in [5.74, 6) is -1.23. The molecule has 110 valence electrons. The van der Waals surface area contributed by atoms with Crippen molar-refractivity contribution in [2.45, 2.75) is 25.8 Å². The fourth-order valence-corrected chi connectivity index (χ4v) is 1.75. The van der Waals surface area contributed by atoms with Crippen LogP contribution in [0.1, 0.15) is 19.8 Å². The minimum absolute atomic E-state index is 0.0671. The summed E-state index contributed by atoms with van der Waals surface area (Å²) in [5, 5.41) is 8.96. The Morgan fingerprint density at radius 3 is 2.45 bits per heavy atom. The Labute approximate surface area is 117 Å². The zero-order valence-electron chi connectivity index (χ0n) is 11.5. The van der Waals surface area contributed by atoms with E-state index in [1.807, 2.05) is 0 Å². The zero-order valence-corrected chi connectivity index (χ0v) is 11.5. The molecular formula is C14H18FNO4. The van der Waals surface area contributed by atoms with Crippen LogP contribution >= 0.6 is 0 Å². The number of likely N-dealkylation sites (N-methyl/N-ethyl adjacent to an activating group) is 1. The van der Waals surface area contributed by atoms with Gasteiger partial charge in [0.25, 0.3) is 0 Å². The maximum atomic E-state index is 12.7.